The van der Waals surface area contributed by atoms with Crippen LogP contribution in [0.15, 0.2) is 103 Å². The van der Waals surface area contributed by atoms with Gasteiger partial charge in [-0.2, -0.15) is 0 Å². The van der Waals surface area contributed by atoms with Crippen LogP contribution in [-0.2, 0) is 9.59 Å². The van der Waals surface area contributed by atoms with Crippen LogP contribution in [0.1, 0.15) is 5.82 Å². The van der Waals surface area contributed by atoms with Gasteiger partial charge in [0, 0.05) is 27.1 Å². The van der Waals surface area contributed by atoms with Crippen molar-refractivity contribution in [3.63, 3.8) is 0 Å². The number of amides is 2. The minimum absolute atomic E-state index is 0.0419. The highest BCUT2D eigenvalue weighted by molar-refractivity contribution is 7.80. The van der Waals surface area contributed by atoms with Gasteiger partial charge < -0.3 is 4.74 Å². The maximum atomic E-state index is 13.6. The van der Waals surface area contributed by atoms with Crippen LogP contribution < -0.4 is 15.0 Å². The number of carbonyl (C=O) groups is 2. The number of hydrogen-bond donors (Lipinski definition) is 1. The first-order valence-electron chi connectivity index (χ1n) is 12.3. The third-order valence-electron chi connectivity index (χ3n) is 6.25. The van der Waals surface area contributed by atoms with Gasteiger partial charge in [-0.05, 0) is 72.9 Å². The molecule has 1 fully saturated rings. The number of nitrogens with one attached hydrogen (secondary N) is 1. The third kappa shape index (κ3) is 5.40. The molecular formula is C31H18Cl2N4O3S. The van der Waals surface area contributed by atoms with Crippen LogP contribution in [0.25, 0.3) is 28.2 Å². The van der Waals surface area contributed by atoms with Gasteiger partial charge in [-0.15, -0.1) is 0 Å². The molecule has 6 rings (SSSR count). The maximum Gasteiger partial charge on any atom is 0.270 e. The molecule has 0 saturated carbocycles. The van der Waals surface area contributed by atoms with Crippen molar-refractivity contribution in [1.82, 2.24) is 15.3 Å². The number of benzene rings is 4. The molecule has 200 valence electrons. The molecule has 41 heavy (non-hydrogen) atoms. The van der Waals surface area contributed by atoms with Gasteiger partial charge in [-0.3, -0.25) is 19.8 Å². The van der Waals surface area contributed by atoms with Gasteiger partial charge in [0.25, 0.3) is 11.8 Å². The van der Waals surface area contributed by atoms with Crippen molar-refractivity contribution in [3.8, 4) is 22.8 Å². The Hall–Kier alpha value is -4.63. The molecule has 2 amide bonds. The third-order valence-corrected chi connectivity index (χ3v) is 7.10. The van der Waals surface area contributed by atoms with Crippen LogP contribution in [-0.4, -0.2) is 26.9 Å². The van der Waals surface area contributed by atoms with Gasteiger partial charge in [0.2, 0.25) is 0 Å². The standard InChI is InChI=1S/C31H18Cl2N4O3S/c32-18-10-15-26-23(16-18)28(22-8-4-5-9-25(22)33)35-27(34-26)17-24-29(38)36-31(41)37(30(24)39)19-11-13-21(14-12-19)40-20-6-2-1-3-7-20/h1-17H,(H,36,38,41). The Kier molecular flexibility index (Phi) is 7.19. The number of aromatic nitrogens is 2. The Morgan fingerprint density at radius 1 is 0.829 bits per heavy atom. The molecule has 0 unspecified atom stereocenters. The molecule has 0 spiro atoms. The first-order valence-corrected chi connectivity index (χ1v) is 13.5. The second-order valence-corrected chi connectivity index (χ2v) is 10.2. The molecule has 7 nitrogen and oxygen atoms in total. The number of halogens is 2. The minimum Gasteiger partial charge on any atom is -0.457 e. The lowest BCUT2D eigenvalue weighted by Crippen LogP contribution is -2.54. The lowest BCUT2D eigenvalue weighted by Gasteiger charge is -2.28. The number of hydrogen-bond acceptors (Lipinski definition) is 6. The maximum absolute atomic E-state index is 13.6. The van der Waals surface area contributed by atoms with E-state index in [1.165, 1.54) is 11.0 Å². The number of ether oxygens (including phenoxy) is 1. The normalized spacial score (nSPS) is 14.4. The number of fused-ring (bicyclic) bond motifs is 1. The molecule has 4 aromatic carbocycles. The average molecular weight is 597 g/mol. The fraction of sp³-hybridized carbons (Fsp3) is 0. The van der Waals surface area contributed by atoms with E-state index in [0.717, 1.165) is 0 Å². The zero-order valence-electron chi connectivity index (χ0n) is 21.0. The average Bonchev–Trinajstić information content (AvgIpc) is 2.97. The molecule has 1 aliphatic rings. The fourth-order valence-electron chi connectivity index (χ4n) is 4.35. The van der Waals surface area contributed by atoms with Crippen LogP contribution in [0.4, 0.5) is 5.69 Å². The predicted octanol–water partition coefficient (Wildman–Crippen LogP) is 7.23. The summed E-state index contributed by atoms with van der Waals surface area (Å²) in [5.41, 5.74) is 2.01. The zero-order chi connectivity index (χ0) is 28.5. The summed E-state index contributed by atoms with van der Waals surface area (Å²) in [5.74, 6) is 0.129. The Bertz CT molecular complexity index is 1880. The predicted molar refractivity (Wildman–Crippen MR) is 164 cm³/mol. The summed E-state index contributed by atoms with van der Waals surface area (Å²) in [7, 11) is 0. The number of para-hydroxylation sites is 1. The van der Waals surface area contributed by atoms with E-state index >= 15 is 0 Å². The van der Waals surface area contributed by atoms with Gasteiger partial charge >= 0.3 is 0 Å². The van der Waals surface area contributed by atoms with Crippen molar-refractivity contribution in [2.75, 3.05) is 4.90 Å². The molecule has 5 aromatic rings. The number of thiocarbonyl (C=S) groups is 1. The van der Waals surface area contributed by atoms with Crippen LogP contribution in [0, 0.1) is 0 Å². The summed E-state index contributed by atoms with van der Waals surface area (Å²) in [6.45, 7) is 0. The summed E-state index contributed by atoms with van der Waals surface area (Å²) in [6, 6.07) is 28.5. The van der Waals surface area contributed by atoms with Crippen molar-refractivity contribution in [2.24, 2.45) is 0 Å². The van der Waals surface area contributed by atoms with Gasteiger partial charge in [-0.1, -0.05) is 59.6 Å². The van der Waals surface area contributed by atoms with E-state index in [1.807, 2.05) is 48.5 Å². The molecule has 10 heteroatoms. The highest BCUT2D eigenvalue weighted by atomic mass is 35.5. The highest BCUT2D eigenvalue weighted by Crippen LogP contribution is 2.33. The lowest BCUT2D eigenvalue weighted by atomic mass is 10.1. The number of nitrogens with zero attached hydrogens (tertiary/aromatic N) is 3. The van der Waals surface area contributed by atoms with Crippen LogP contribution in [0.3, 0.4) is 0 Å². The van der Waals surface area contributed by atoms with E-state index in [9.17, 15) is 9.59 Å². The highest BCUT2D eigenvalue weighted by Gasteiger charge is 2.35. The van der Waals surface area contributed by atoms with Gasteiger partial charge in [0.05, 0.1) is 16.9 Å². The molecule has 0 radical (unpaired) electrons. The van der Waals surface area contributed by atoms with Crippen LogP contribution in [0.5, 0.6) is 11.5 Å². The summed E-state index contributed by atoms with van der Waals surface area (Å²) in [5, 5.41) is 4.21. The van der Waals surface area contributed by atoms with Crippen molar-refractivity contribution >= 4 is 75.0 Å². The minimum atomic E-state index is -0.653. The quantitative estimate of drug-likeness (QED) is 0.131. The zero-order valence-corrected chi connectivity index (χ0v) is 23.4. The Labute approximate surface area is 250 Å². The molecule has 1 aromatic heterocycles. The second kappa shape index (κ2) is 11.1. The summed E-state index contributed by atoms with van der Waals surface area (Å²) in [6.07, 6.45) is 1.34. The molecule has 1 N–H and O–H groups in total. The summed E-state index contributed by atoms with van der Waals surface area (Å²) < 4.78 is 5.84. The molecule has 1 aliphatic heterocycles. The van der Waals surface area contributed by atoms with E-state index in [1.54, 1.807) is 48.5 Å². The van der Waals surface area contributed by atoms with E-state index in [4.69, 9.17) is 40.2 Å². The number of anilines is 1. The van der Waals surface area contributed by atoms with Crippen LogP contribution in [0.2, 0.25) is 10.0 Å². The first-order chi connectivity index (χ1) is 19.9. The Morgan fingerprint density at radius 3 is 2.29 bits per heavy atom. The first kappa shape index (κ1) is 26.6. The van der Waals surface area contributed by atoms with E-state index < -0.39 is 11.8 Å². The van der Waals surface area contributed by atoms with Gasteiger partial charge in [-0.25, -0.2) is 9.97 Å². The lowest BCUT2D eigenvalue weighted by molar-refractivity contribution is -0.122. The van der Waals surface area contributed by atoms with Gasteiger partial charge in [0.15, 0.2) is 10.9 Å². The SMILES string of the molecule is O=C1NC(=S)N(c2ccc(Oc3ccccc3)cc2)C(=O)C1=Cc1nc(-c2ccccc2Cl)c2cc(Cl)ccc2n1. The van der Waals surface area contributed by atoms with Crippen molar-refractivity contribution in [3.05, 3.63) is 119 Å². The molecule has 0 aliphatic carbocycles. The van der Waals surface area contributed by atoms with Crippen molar-refractivity contribution in [2.45, 2.75) is 0 Å². The smallest absolute Gasteiger partial charge is 0.270 e. The number of rotatable bonds is 5. The van der Waals surface area contributed by atoms with Crippen molar-refractivity contribution in [1.29, 1.82) is 0 Å². The largest absolute Gasteiger partial charge is 0.457 e. The van der Waals surface area contributed by atoms with E-state index in [2.05, 4.69) is 15.3 Å². The van der Waals surface area contributed by atoms with Crippen LogP contribution >= 0.6 is 35.4 Å². The van der Waals surface area contributed by atoms with E-state index in [0.29, 0.717) is 49.4 Å². The fourth-order valence-corrected chi connectivity index (χ4v) is 5.03. The second-order valence-electron chi connectivity index (χ2n) is 8.94. The Balaban J connectivity index is 1.37. The topological polar surface area (TPSA) is 84.4 Å². The van der Waals surface area contributed by atoms with Crippen molar-refractivity contribution < 1.29 is 14.3 Å². The number of carbonyl (C=O) groups excluding carboxylic acids is 2. The summed E-state index contributed by atoms with van der Waals surface area (Å²) in [4.78, 5) is 37.1. The molecule has 0 atom stereocenters. The van der Waals surface area contributed by atoms with E-state index in [-0.39, 0.29) is 16.5 Å². The monoisotopic (exact) mass is 596 g/mol. The summed E-state index contributed by atoms with van der Waals surface area (Å²) >= 11 is 18.1. The Morgan fingerprint density at radius 2 is 1.54 bits per heavy atom. The molecule has 2 heterocycles. The molecular weight excluding hydrogens is 579 g/mol. The van der Waals surface area contributed by atoms with Gasteiger partial charge in [0.1, 0.15) is 17.1 Å². The molecule has 0 bridgehead atoms. The molecule has 1 saturated heterocycles.